The van der Waals surface area contributed by atoms with Crippen LogP contribution in [0.25, 0.3) is 11.1 Å². The second kappa shape index (κ2) is 10.2. The van der Waals surface area contributed by atoms with Gasteiger partial charge in [-0.25, -0.2) is 14.4 Å². The van der Waals surface area contributed by atoms with Crippen LogP contribution in [0.4, 0.5) is 10.3 Å². The van der Waals surface area contributed by atoms with Crippen LogP contribution >= 0.6 is 0 Å². The van der Waals surface area contributed by atoms with Gasteiger partial charge in [-0.3, -0.25) is 9.59 Å². The number of carbonyl (C=O) groups is 1. The Kier molecular flexibility index (Phi) is 7.14. The molecule has 1 fully saturated rings. The van der Waals surface area contributed by atoms with Gasteiger partial charge in [0, 0.05) is 57.1 Å². The van der Waals surface area contributed by atoms with Crippen molar-refractivity contribution in [3.05, 3.63) is 70.2 Å². The Bertz CT molecular complexity index is 1270. The van der Waals surface area contributed by atoms with Crippen molar-refractivity contribution in [2.24, 2.45) is 0 Å². The van der Waals surface area contributed by atoms with Gasteiger partial charge in [-0.1, -0.05) is 12.1 Å². The minimum absolute atomic E-state index is 0.0656. The lowest BCUT2D eigenvalue weighted by molar-refractivity contribution is -0.135. The van der Waals surface area contributed by atoms with Gasteiger partial charge in [0.2, 0.25) is 11.9 Å². The van der Waals surface area contributed by atoms with E-state index in [4.69, 9.17) is 4.98 Å². The summed E-state index contributed by atoms with van der Waals surface area (Å²) in [7, 11) is 3.72. The van der Waals surface area contributed by atoms with E-state index in [1.165, 1.54) is 22.8 Å². The van der Waals surface area contributed by atoms with E-state index in [-0.39, 0.29) is 42.0 Å². The zero-order valence-corrected chi connectivity index (χ0v) is 20.2. The van der Waals surface area contributed by atoms with E-state index in [0.717, 1.165) is 42.1 Å². The second-order valence-corrected chi connectivity index (χ2v) is 9.06. The van der Waals surface area contributed by atoms with Crippen LogP contribution in [0.1, 0.15) is 43.1 Å². The highest BCUT2D eigenvalue weighted by Crippen LogP contribution is 2.36. The number of nitrogens with zero attached hydrogens (tertiary/aromatic N) is 5. The fourth-order valence-electron chi connectivity index (χ4n) is 4.57. The normalized spacial score (nSPS) is 15.8. The quantitative estimate of drug-likeness (QED) is 0.580. The fourth-order valence-corrected chi connectivity index (χ4v) is 4.57. The topological polar surface area (TPSA) is 91.6 Å². The van der Waals surface area contributed by atoms with Gasteiger partial charge < -0.3 is 19.5 Å². The van der Waals surface area contributed by atoms with Gasteiger partial charge in [0.1, 0.15) is 11.6 Å². The average Bonchev–Trinajstić information content (AvgIpc) is 2.83. The number of carbonyl (C=O) groups excluding carboxylic acids is 1. The monoisotopic (exact) mass is 479 g/mol. The first kappa shape index (κ1) is 24.4. The molecular weight excluding hydrogens is 449 g/mol. The van der Waals surface area contributed by atoms with E-state index >= 15 is 0 Å². The number of hydrogen-bond donors (Lipinski definition) is 1. The Morgan fingerprint density at radius 3 is 2.63 bits per heavy atom. The molecule has 3 aromatic rings. The van der Waals surface area contributed by atoms with Crippen LogP contribution in [0.3, 0.4) is 0 Å². The second-order valence-electron chi connectivity index (χ2n) is 9.06. The third-order valence-corrected chi connectivity index (χ3v) is 6.37. The molecule has 2 aromatic heterocycles. The molecular formula is C26H30FN5O3. The maximum atomic E-state index is 13.6. The fraction of sp³-hybridized carbons (Fsp3) is 0.385. The zero-order chi connectivity index (χ0) is 25.1. The summed E-state index contributed by atoms with van der Waals surface area (Å²) in [5.74, 6) is 0.0644. The van der Waals surface area contributed by atoms with Crippen LogP contribution in [-0.2, 0) is 11.3 Å². The highest BCUT2D eigenvalue weighted by Gasteiger charge is 2.31. The standard InChI is InChI=1S/C26H30FN5O3/c1-17-14-20(33)15-24(35)31(17)13-11-23(34)32-12-5-4-6-22(32)25-21(16-28-26(29-25)30(2)3)18-7-9-19(27)10-8-18/h7-10,14-16,22,33H,4-6,11-13H2,1-3H3/t22-/m0/s1. The summed E-state index contributed by atoms with van der Waals surface area (Å²) in [6.45, 7) is 2.55. The van der Waals surface area contributed by atoms with Crippen molar-refractivity contribution in [1.82, 2.24) is 19.4 Å². The molecule has 8 nitrogen and oxygen atoms in total. The first-order valence-electron chi connectivity index (χ1n) is 11.7. The molecule has 0 radical (unpaired) electrons. The minimum atomic E-state index is -0.337. The molecule has 4 rings (SSSR count). The van der Waals surface area contributed by atoms with Gasteiger partial charge in [-0.15, -0.1) is 0 Å². The number of halogens is 1. The molecule has 35 heavy (non-hydrogen) atoms. The van der Waals surface area contributed by atoms with Crippen molar-refractivity contribution in [1.29, 1.82) is 0 Å². The first-order chi connectivity index (χ1) is 16.7. The number of aromatic hydroxyl groups is 1. The van der Waals surface area contributed by atoms with Crippen molar-refractivity contribution in [2.75, 3.05) is 25.5 Å². The van der Waals surface area contributed by atoms with Crippen LogP contribution < -0.4 is 10.5 Å². The molecule has 1 amide bonds. The maximum absolute atomic E-state index is 13.6. The van der Waals surface area contributed by atoms with E-state index in [2.05, 4.69) is 4.98 Å². The third kappa shape index (κ3) is 5.34. The van der Waals surface area contributed by atoms with Gasteiger partial charge in [0.25, 0.3) is 5.56 Å². The molecule has 1 aliphatic rings. The zero-order valence-electron chi connectivity index (χ0n) is 20.2. The lowest BCUT2D eigenvalue weighted by atomic mass is 9.93. The van der Waals surface area contributed by atoms with E-state index in [9.17, 15) is 19.1 Å². The maximum Gasteiger partial charge on any atom is 0.254 e. The summed E-state index contributed by atoms with van der Waals surface area (Å²) in [6.07, 6.45) is 4.48. The van der Waals surface area contributed by atoms with Gasteiger partial charge in [0.05, 0.1) is 11.7 Å². The van der Waals surface area contributed by atoms with Crippen LogP contribution in [-0.4, -0.2) is 51.1 Å². The summed E-state index contributed by atoms with van der Waals surface area (Å²) in [6, 6.07) is 8.61. The Morgan fingerprint density at radius 1 is 1.20 bits per heavy atom. The number of anilines is 1. The summed E-state index contributed by atoms with van der Waals surface area (Å²) < 4.78 is 15.1. The number of aromatic nitrogens is 3. The molecule has 9 heteroatoms. The highest BCUT2D eigenvalue weighted by molar-refractivity contribution is 5.77. The Balaban J connectivity index is 1.66. The van der Waals surface area contributed by atoms with Crippen molar-refractivity contribution in [2.45, 2.75) is 45.2 Å². The number of likely N-dealkylation sites (tertiary alicyclic amines) is 1. The summed E-state index contributed by atoms with van der Waals surface area (Å²) in [5.41, 5.74) is 2.56. The number of amides is 1. The molecule has 184 valence electrons. The number of piperidine rings is 1. The number of rotatable bonds is 6. The van der Waals surface area contributed by atoms with Crippen molar-refractivity contribution in [3.8, 4) is 16.9 Å². The van der Waals surface area contributed by atoms with Gasteiger partial charge >= 0.3 is 0 Å². The molecule has 0 bridgehead atoms. The lowest BCUT2D eigenvalue weighted by Gasteiger charge is -2.36. The van der Waals surface area contributed by atoms with Gasteiger partial charge in [0.15, 0.2) is 0 Å². The molecule has 1 atom stereocenters. The van der Waals surface area contributed by atoms with Gasteiger partial charge in [-0.05, 0) is 49.9 Å². The Morgan fingerprint density at radius 2 is 1.94 bits per heavy atom. The SMILES string of the molecule is Cc1cc(O)cc(=O)n1CCC(=O)N1CCCC[C@H]1c1nc(N(C)C)ncc1-c1ccc(F)cc1. The molecule has 1 aliphatic heterocycles. The molecule has 1 aromatic carbocycles. The number of aryl methyl sites for hydroxylation is 1. The van der Waals surface area contributed by atoms with Crippen molar-refractivity contribution < 1.29 is 14.3 Å². The first-order valence-corrected chi connectivity index (χ1v) is 11.7. The summed E-state index contributed by atoms with van der Waals surface area (Å²) >= 11 is 0. The number of hydrogen-bond acceptors (Lipinski definition) is 6. The van der Waals surface area contributed by atoms with Crippen molar-refractivity contribution in [3.63, 3.8) is 0 Å². The van der Waals surface area contributed by atoms with Crippen LogP contribution in [0.15, 0.2) is 47.4 Å². The molecule has 3 heterocycles. The van der Waals surface area contributed by atoms with Crippen LogP contribution in [0.5, 0.6) is 5.75 Å². The van der Waals surface area contributed by atoms with Crippen molar-refractivity contribution >= 4 is 11.9 Å². The molecule has 0 spiro atoms. The molecule has 0 unspecified atom stereocenters. The summed E-state index contributed by atoms with van der Waals surface area (Å²) in [4.78, 5) is 38.7. The van der Waals surface area contributed by atoms with E-state index < -0.39 is 0 Å². The van der Waals surface area contributed by atoms with Crippen LogP contribution in [0, 0.1) is 12.7 Å². The predicted molar refractivity (Wildman–Crippen MR) is 132 cm³/mol. The number of benzene rings is 1. The summed E-state index contributed by atoms with van der Waals surface area (Å²) in [5, 5.41) is 9.63. The Labute approximate surface area is 203 Å². The number of pyridine rings is 1. The van der Waals surface area contributed by atoms with E-state index in [1.54, 1.807) is 25.3 Å². The largest absolute Gasteiger partial charge is 0.508 e. The molecule has 0 aliphatic carbocycles. The van der Waals surface area contributed by atoms with E-state index in [1.807, 2.05) is 23.9 Å². The predicted octanol–water partition coefficient (Wildman–Crippen LogP) is 3.67. The molecule has 1 N–H and O–H groups in total. The highest BCUT2D eigenvalue weighted by atomic mass is 19.1. The minimum Gasteiger partial charge on any atom is -0.508 e. The lowest BCUT2D eigenvalue weighted by Crippen LogP contribution is -2.40. The molecule has 1 saturated heterocycles. The smallest absolute Gasteiger partial charge is 0.254 e. The molecule has 0 saturated carbocycles. The average molecular weight is 480 g/mol. The van der Waals surface area contributed by atoms with E-state index in [0.29, 0.717) is 18.2 Å². The Hall–Kier alpha value is -3.75. The van der Waals surface area contributed by atoms with Gasteiger partial charge in [-0.2, -0.15) is 0 Å². The third-order valence-electron chi connectivity index (χ3n) is 6.37. The van der Waals surface area contributed by atoms with Crippen LogP contribution in [0.2, 0.25) is 0 Å².